The van der Waals surface area contributed by atoms with Crippen LogP contribution < -0.4 is 0 Å². The molecular formula is C29H24Cl3NO2S5. The van der Waals surface area contributed by atoms with E-state index < -0.39 is 9.84 Å². The van der Waals surface area contributed by atoms with Gasteiger partial charge in [0, 0.05) is 24.7 Å². The molecule has 11 heteroatoms. The predicted octanol–water partition coefficient (Wildman–Crippen LogP) is 11.9. The second-order valence-corrected chi connectivity index (χ2v) is 16.3. The van der Waals surface area contributed by atoms with E-state index in [1.807, 2.05) is 36.5 Å². The molecule has 5 rings (SSSR count). The standard InChI is InChI=1S/C12H11ClO2S2.C12H11ClS2.C5H2ClNS/c1-2-10-5-8-12(16-10)17(14,15)11-6-3-9(13)4-7-11;1-2-10-7-8-12(14-10)15-11-5-3-9(13)4-6-11;1-7-5-3-2-4(6)8-5/h3-8H,2H2,1H3;3-8H,2H2,1H3;2-3H. The molecule has 3 aromatic heterocycles. The summed E-state index contributed by atoms with van der Waals surface area (Å²) in [4.78, 5) is 7.20. The predicted molar refractivity (Wildman–Crippen MR) is 175 cm³/mol. The fourth-order valence-corrected chi connectivity index (χ4v) is 8.87. The molecule has 0 spiro atoms. The van der Waals surface area contributed by atoms with Crippen LogP contribution in [0.25, 0.3) is 4.85 Å². The Morgan fingerprint density at radius 3 is 1.77 bits per heavy atom. The Balaban J connectivity index is 0.000000176. The summed E-state index contributed by atoms with van der Waals surface area (Å²) < 4.78 is 26.9. The Hall–Kier alpha value is -1.80. The molecule has 3 nitrogen and oxygen atoms in total. The first-order valence-corrected chi connectivity index (χ1v) is 17.8. The maximum atomic E-state index is 12.2. The van der Waals surface area contributed by atoms with Gasteiger partial charge in [-0.15, -0.1) is 34.0 Å². The molecule has 5 aromatic rings. The van der Waals surface area contributed by atoms with Gasteiger partial charge in [-0.3, -0.25) is 0 Å². The van der Waals surface area contributed by atoms with Gasteiger partial charge in [0.2, 0.25) is 14.8 Å². The summed E-state index contributed by atoms with van der Waals surface area (Å²) in [7, 11) is -3.39. The van der Waals surface area contributed by atoms with Crippen molar-refractivity contribution in [3.8, 4) is 0 Å². The zero-order valence-electron chi connectivity index (χ0n) is 21.4. The van der Waals surface area contributed by atoms with Crippen molar-refractivity contribution >= 4 is 95.4 Å². The quantitative estimate of drug-likeness (QED) is 0.167. The second kappa shape index (κ2) is 16.0. The Morgan fingerprint density at radius 2 is 1.30 bits per heavy atom. The molecule has 208 valence electrons. The van der Waals surface area contributed by atoms with E-state index in [2.05, 4.69) is 36.0 Å². The van der Waals surface area contributed by atoms with Crippen molar-refractivity contribution in [2.45, 2.75) is 44.9 Å². The highest BCUT2D eigenvalue weighted by Crippen LogP contribution is 2.34. The molecule has 40 heavy (non-hydrogen) atoms. The molecule has 0 N–H and O–H groups in total. The maximum absolute atomic E-state index is 12.2. The van der Waals surface area contributed by atoms with Gasteiger partial charge >= 0.3 is 0 Å². The van der Waals surface area contributed by atoms with E-state index in [0.29, 0.717) is 18.6 Å². The van der Waals surface area contributed by atoms with Crippen LogP contribution in [0.1, 0.15) is 23.6 Å². The topological polar surface area (TPSA) is 38.5 Å². The molecule has 0 bridgehead atoms. The third kappa shape index (κ3) is 9.93. The van der Waals surface area contributed by atoms with Gasteiger partial charge in [-0.2, -0.15) is 0 Å². The maximum Gasteiger partial charge on any atom is 0.242 e. The molecule has 0 aliphatic heterocycles. The second-order valence-electron chi connectivity index (χ2n) is 7.85. The molecule has 0 saturated carbocycles. The number of thiophene rings is 3. The number of rotatable bonds is 6. The highest BCUT2D eigenvalue weighted by Gasteiger charge is 2.19. The lowest BCUT2D eigenvalue weighted by Gasteiger charge is -2.01. The van der Waals surface area contributed by atoms with Crippen molar-refractivity contribution in [1.82, 2.24) is 0 Å². The van der Waals surface area contributed by atoms with Crippen LogP contribution in [-0.2, 0) is 22.7 Å². The van der Waals surface area contributed by atoms with E-state index in [4.69, 9.17) is 41.4 Å². The minimum Gasteiger partial charge on any atom is -0.227 e. The van der Waals surface area contributed by atoms with Gasteiger partial charge in [0.15, 0.2) is 0 Å². The first kappa shape index (κ1) is 32.7. The zero-order chi connectivity index (χ0) is 29.1. The Morgan fingerprint density at radius 1 is 0.725 bits per heavy atom. The molecule has 0 radical (unpaired) electrons. The fraction of sp³-hybridized carbons (Fsp3) is 0.138. The molecule has 2 aromatic carbocycles. The van der Waals surface area contributed by atoms with Crippen LogP contribution in [-0.4, -0.2) is 8.42 Å². The van der Waals surface area contributed by atoms with Crippen LogP contribution in [0.3, 0.4) is 0 Å². The van der Waals surface area contributed by atoms with Gasteiger partial charge in [0.05, 0.1) is 20.0 Å². The van der Waals surface area contributed by atoms with Crippen LogP contribution in [0.4, 0.5) is 5.00 Å². The van der Waals surface area contributed by atoms with Gasteiger partial charge in [0.1, 0.15) is 4.21 Å². The largest absolute Gasteiger partial charge is 0.242 e. The van der Waals surface area contributed by atoms with Gasteiger partial charge in [0.25, 0.3) is 0 Å². The van der Waals surface area contributed by atoms with Gasteiger partial charge in [-0.05, 0) is 97.8 Å². The highest BCUT2D eigenvalue weighted by molar-refractivity contribution is 8.01. The summed E-state index contributed by atoms with van der Waals surface area (Å²) in [5, 5.41) is 1.97. The summed E-state index contributed by atoms with van der Waals surface area (Å²) in [5.41, 5.74) is 0. The molecule has 0 unspecified atom stereocenters. The molecule has 3 heterocycles. The number of halogens is 3. The summed E-state index contributed by atoms with van der Waals surface area (Å²) in [6.07, 6.45) is 1.96. The first-order chi connectivity index (χ1) is 19.1. The van der Waals surface area contributed by atoms with Gasteiger partial charge < -0.3 is 0 Å². The van der Waals surface area contributed by atoms with E-state index >= 15 is 0 Å². The lowest BCUT2D eigenvalue weighted by atomic mass is 10.4. The van der Waals surface area contributed by atoms with Crippen LogP contribution >= 0.6 is 80.6 Å². The van der Waals surface area contributed by atoms with E-state index in [9.17, 15) is 8.42 Å². The molecule has 0 aliphatic rings. The van der Waals surface area contributed by atoms with E-state index in [0.717, 1.165) is 22.7 Å². The molecule has 0 atom stereocenters. The SMILES string of the molecule is CCc1ccc(S(=O)(=O)c2ccc(Cl)cc2)s1.CCc1ccc(Sc2ccc(Cl)cc2)s1.[C-]#[N+]c1ccc(Cl)s1. The molecule has 0 aliphatic carbocycles. The van der Waals surface area contributed by atoms with Crippen molar-refractivity contribution in [2.75, 3.05) is 0 Å². The Labute approximate surface area is 267 Å². The third-order valence-corrected chi connectivity index (χ3v) is 12.6. The van der Waals surface area contributed by atoms with Crippen LogP contribution in [0, 0.1) is 6.57 Å². The molecule has 0 amide bonds. The number of hydrogen-bond acceptors (Lipinski definition) is 6. The Bertz CT molecular complexity index is 1650. The van der Waals surface area contributed by atoms with Crippen molar-refractivity contribution in [3.63, 3.8) is 0 Å². The van der Waals surface area contributed by atoms with Crippen molar-refractivity contribution in [1.29, 1.82) is 0 Å². The summed E-state index contributed by atoms with van der Waals surface area (Å²) >= 11 is 23.4. The summed E-state index contributed by atoms with van der Waals surface area (Å²) in [5.74, 6) is 0. The monoisotopic (exact) mass is 683 g/mol. The molecule has 0 saturated heterocycles. The van der Waals surface area contributed by atoms with E-state index in [-0.39, 0.29) is 4.90 Å². The van der Waals surface area contributed by atoms with E-state index in [1.165, 1.54) is 48.8 Å². The van der Waals surface area contributed by atoms with Gasteiger partial charge in [-0.1, -0.05) is 60.4 Å². The number of aryl methyl sites for hydroxylation is 2. The molecule has 0 fully saturated rings. The normalized spacial score (nSPS) is 10.6. The number of benzene rings is 2. The van der Waals surface area contributed by atoms with Crippen molar-refractivity contribution < 1.29 is 8.42 Å². The van der Waals surface area contributed by atoms with Crippen molar-refractivity contribution in [3.05, 3.63) is 120 Å². The number of hydrogen-bond donors (Lipinski definition) is 0. The van der Waals surface area contributed by atoms with Crippen LogP contribution in [0.15, 0.2) is 103 Å². The third-order valence-electron chi connectivity index (χ3n) is 5.06. The Kier molecular flexibility index (Phi) is 13.1. The minimum absolute atomic E-state index is 0.284. The fourth-order valence-electron chi connectivity index (χ4n) is 3.01. The highest BCUT2D eigenvalue weighted by atomic mass is 35.5. The van der Waals surface area contributed by atoms with Crippen LogP contribution in [0.2, 0.25) is 14.4 Å². The average molecular weight is 685 g/mol. The summed E-state index contributed by atoms with van der Waals surface area (Å²) in [6.45, 7) is 10.7. The van der Waals surface area contributed by atoms with Crippen LogP contribution in [0.5, 0.6) is 0 Å². The van der Waals surface area contributed by atoms with E-state index in [1.54, 1.807) is 42.1 Å². The van der Waals surface area contributed by atoms with Crippen molar-refractivity contribution in [2.24, 2.45) is 0 Å². The lowest BCUT2D eigenvalue weighted by molar-refractivity contribution is 0.598. The number of sulfone groups is 1. The lowest BCUT2D eigenvalue weighted by Crippen LogP contribution is -1.98. The summed E-state index contributed by atoms with van der Waals surface area (Å²) in [6, 6.07) is 25.5. The van der Waals surface area contributed by atoms with Gasteiger partial charge in [-0.25, -0.2) is 13.3 Å². The first-order valence-electron chi connectivity index (χ1n) is 11.9. The average Bonchev–Trinajstić information content (AvgIpc) is 3.72. The smallest absolute Gasteiger partial charge is 0.227 e. The minimum atomic E-state index is -3.39. The zero-order valence-corrected chi connectivity index (χ0v) is 27.8. The number of nitrogens with zero attached hydrogens (tertiary/aromatic N) is 1. The molecular weight excluding hydrogens is 661 g/mol.